The summed E-state index contributed by atoms with van der Waals surface area (Å²) in [5.74, 6) is 0.835. The summed E-state index contributed by atoms with van der Waals surface area (Å²) in [5.41, 5.74) is 1.60. The molecular weight excluding hydrogens is 432 g/mol. The minimum absolute atomic E-state index is 0.0881. The fourth-order valence-electron chi connectivity index (χ4n) is 3.17. The monoisotopic (exact) mass is 450 g/mol. The Morgan fingerprint density at radius 2 is 1.81 bits per heavy atom. The molecule has 10 heteroatoms. The summed E-state index contributed by atoms with van der Waals surface area (Å²) in [6.07, 6.45) is 3.32. The molecule has 0 saturated carbocycles. The molecule has 0 saturated heterocycles. The van der Waals surface area contributed by atoms with E-state index in [1.807, 2.05) is 6.07 Å². The predicted octanol–water partition coefficient (Wildman–Crippen LogP) is 4.46. The number of rotatable bonds is 7. The van der Waals surface area contributed by atoms with Crippen LogP contribution in [0.25, 0.3) is 10.2 Å². The Hall–Kier alpha value is -4.05. The van der Waals surface area contributed by atoms with Gasteiger partial charge in [-0.2, -0.15) is 0 Å². The normalized spacial score (nSPS) is 10.7. The number of amides is 1. The predicted molar refractivity (Wildman–Crippen MR) is 121 cm³/mol. The summed E-state index contributed by atoms with van der Waals surface area (Å²) in [6, 6.07) is 12.7. The third-order valence-corrected chi connectivity index (χ3v) is 5.86. The van der Waals surface area contributed by atoms with Crippen molar-refractivity contribution in [3.63, 3.8) is 0 Å². The van der Waals surface area contributed by atoms with Crippen LogP contribution < -0.4 is 14.4 Å². The van der Waals surface area contributed by atoms with E-state index in [1.165, 1.54) is 40.5 Å². The van der Waals surface area contributed by atoms with E-state index in [1.54, 1.807) is 44.8 Å². The Kier molecular flexibility index (Phi) is 5.95. The van der Waals surface area contributed by atoms with Crippen molar-refractivity contribution >= 4 is 38.3 Å². The van der Waals surface area contributed by atoms with E-state index in [0.29, 0.717) is 27.7 Å². The largest absolute Gasteiger partial charge is 0.495 e. The molecule has 0 aliphatic carbocycles. The molecule has 0 bridgehead atoms. The molecule has 2 aromatic carbocycles. The van der Waals surface area contributed by atoms with Gasteiger partial charge in [0.05, 0.1) is 25.7 Å². The molecule has 0 unspecified atom stereocenters. The minimum Gasteiger partial charge on any atom is -0.495 e. The summed E-state index contributed by atoms with van der Waals surface area (Å²) >= 11 is 1.30. The average Bonchev–Trinajstić information content (AvgIpc) is 3.27. The molecule has 0 N–H and O–H groups in total. The highest BCUT2D eigenvalue weighted by Gasteiger charge is 2.24. The molecule has 2 aromatic heterocycles. The lowest BCUT2D eigenvalue weighted by Crippen LogP contribution is -2.30. The van der Waals surface area contributed by atoms with E-state index in [-0.39, 0.29) is 18.1 Å². The number of nitrogens with zero attached hydrogens (tertiary/aromatic N) is 4. The van der Waals surface area contributed by atoms with Gasteiger partial charge in [0.25, 0.3) is 11.6 Å². The number of pyridine rings is 1. The van der Waals surface area contributed by atoms with Gasteiger partial charge in [-0.25, -0.2) is 4.98 Å². The van der Waals surface area contributed by atoms with Crippen LogP contribution in [0.15, 0.2) is 60.9 Å². The summed E-state index contributed by atoms with van der Waals surface area (Å²) in [7, 11) is 3.12. The Bertz CT molecular complexity index is 1230. The lowest BCUT2D eigenvalue weighted by Gasteiger charge is -2.20. The standard InChI is InChI=1S/C22H18N4O5S/c1-30-17-9-10-18(31-2)20-19(17)24-22(32-20)25(13-14-4-3-11-23-12-14)21(27)15-5-7-16(8-6-15)26(28)29/h3-12H,13H2,1-2H3. The highest BCUT2D eigenvalue weighted by molar-refractivity contribution is 7.22. The van der Waals surface area contributed by atoms with Crippen LogP contribution in [0.5, 0.6) is 11.5 Å². The number of thiazole rings is 1. The van der Waals surface area contributed by atoms with Gasteiger partial charge < -0.3 is 9.47 Å². The molecule has 32 heavy (non-hydrogen) atoms. The van der Waals surface area contributed by atoms with Crippen molar-refractivity contribution in [2.45, 2.75) is 6.54 Å². The molecule has 0 fully saturated rings. The number of fused-ring (bicyclic) bond motifs is 1. The van der Waals surface area contributed by atoms with Crippen LogP contribution in [0.1, 0.15) is 15.9 Å². The minimum atomic E-state index is -0.506. The maximum atomic E-state index is 13.5. The first-order valence-electron chi connectivity index (χ1n) is 9.48. The van der Waals surface area contributed by atoms with Gasteiger partial charge in [-0.05, 0) is 35.9 Å². The van der Waals surface area contributed by atoms with Gasteiger partial charge in [-0.1, -0.05) is 17.4 Å². The zero-order valence-corrected chi connectivity index (χ0v) is 18.0. The smallest absolute Gasteiger partial charge is 0.269 e. The molecule has 0 radical (unpaired) electrons. The number of benzene rings is 2. The van der Waals surface area contributed by atoms with Crippen molar-refractivity contribution < 1.29 is 19.2 Å². The molecule has 162 valence electrons. The number of nitro groups is 1. The van der Waals surface area contributed by atoms with E-state index < -0.39 is 4.92 Å². The van der Waals surface area contributed by atoms with E-state index in [4.69, 9.17) is 9.47 Å². The van der Waals surface area contributed by atoms with Crippen LogP contribution in [-0.2, 0) is 6.54 Å². The van der Waals surface area contributed by atoms with Gasteiger partial charge in [-0.15, -0.1) is 0 Å². The molecule has 2 heterocycles. The Morgan fingerprint density at radius 1 is 1.09 bits per heavy atom. The number of carbonyl (C=O) groups is 1. The number of hydrogen-bond acceptors (Lipinski definition) is 8. The highest BCUT2D eigenvalue weighted by Crippen LogP contribution is 2.40. The molecule has 1 amide bonds. The van der Waals surface area contributed by atoms with Gasteiger partial charge in [0.15, 0.2) is 5.13 Å². The molecular formula is C22H18N4O5S. The van der Waals surface area contributed by atoms with E-state index >= 15 is 0 Å². The molecule has 0 atom stereocenters. The lowest BCUT2D eigenvalue weighted by molar-refractivity contribution is -0.384. The first-order valence-corrected chi connectivity index (χ1v) is 10.3. The highest BCUT2D eigenvalue weighted by atomic mass is 32.1. The number of non-ortho nitro benzene ring substituents is 1. The number of hydrogen-bond donors (Lipinski definition) is 0. The number of nitro benzene ring substituents is 1. The number of anilines is 1. The number of carbonyl (C=O) groups excluding carboxylic acids is 1. The maximum Gasteiger partial charge on any atom is 0.269 e. The SMILES string of the molecule is COc1ccc(OC)c2sc(N(Cc3cccnc3)C(=O)c3ccc([N+](=O)[O-])cc3)nc12. The van der Waals surface area contributed by atoms with Crippen LogP contribution >= 0.6 is 11.3 Å². The van der Waals surface area contributed by atoms with Crippen LogP contribution in [-0.4, -0.2) is 35.0 Å². The van der Waals surface area contributed by atoms with Crippen molar-refractivity contribution in [2.75, 3.05) is 19.1 Å². The van der Waals surface area contributed by atoms with Crippen molar-refractivity contribution in [3.05, 3.63) is 82.2 Å². The second kappa shape index (κ2) is 8.98. The van der Waals surface area contributed by atoms with E-state index in [2.05, 4.69) is 9.97 Å². The fraction of sp³-hybridized carbons (Fsp3) is 0.136. The number of aromatic nitrogens is 2. The van der Waals surface area contributed by atoms with Gasteiger partial charge in [0, 0.05) is 30.1 Å². The fourth-order valence-corrected chi connectivity index (χ4v) is 4.24. The molecule has 9 nitrogen and oxygen atoms in total. The van der Waals surface area contributed by atoms with Gasteiger partial charge in [0.1, 0.15) is 21.7 Å². The van der Waals surface area contributed by atoms with Gasteiger partial charge >= 0.3 is 0 Å². The second-order valence-corrected chi connectivity index (χ2v) is 7.68. The topological polar surface area (TPSA) is 108 Å². The second-order valence-electron chi connectivity index (χ2n) is 6.70. The molecule has 0 spiro atoms. The van der Waals surface area contributed by atoms with E-state index in [9.17, 15) is 14.9 Å². The molecule has 4 aromatic rings. The first kappa shape index (κ1) is 21.2. The quantitative estimate of drug-likeness (QED) is 0.302. The molecule has 0 aliphatic heterocycles. The van der Waals surface area contributed by atoms with Crippen LogP contribution in [0, 0.1) is 10.1 Å². The van der Waals surface area contributed by atoms with Crippen molar-refractivity contribution in [2.24, 2.45) is 0 Å². The van der Waals surface area contributed by atoms with Gasteiger partial charge in [-0.3, -0.25) is 24.8 Å². The Balaban J connectivity index is 1.80. The summed E-state index contributed by atoms with van der Waals surface area (Å²) < 4.78 is 11.6. The molecule has 4 rings (SSSR count). The van der Waals surface area contributed by atoms with Crippen LogP contribution in [0.4, 0.5) is 10.8 Å². The third-order valence-electron chi connectivity index (χ3n) is 4.76. The zero-order valence-electron chi connectivity index (χ0n) is 17.2. The third kappa shape index (κ3) is 4.08. The van der Waals surface area contributed by atoms with Crippen molar-refractivity contribution in [1.29, 1.82) is 0 Å². The maximum absolute atomic E-state index is 13.5. The average molecular weight is 450 g/mol. The van der Waals surface area contributed by atoms with Crippen LogP contribution in [0.3, 0.4) is 0 Å². The van der Waals surface area contributed by atoms with Crippen molar-refractivity contribution in [3.8, 4) is 11.5 Å². The summed E-state index contributed by atoms with van der Waals surface area (Å²) in [5, 5.41) is 11.4. The molecule has 0 aliphatic rings. The summed E-state index contributed by atoms with van der Waals surface area (Å²) in [6.45, 7) is 0.216. The zero-order chi connectivity index (χ0) is 22.7. The van der Waals surface area contributed by atoms with E-state index in [0.717, 1.165) is 10.3 Å². The van der Waals surface area contributed by atoms with Crippen LogP contribution in [0.2, 0.25) is 0 Å². The lowest BCUT2D eigenvalue weighted by atomic mass is 10.1. The number of methoxy groups -OCH3 is 2. The summed E-state index contributed by atoms with van der Waals surface area (Å²) in [4.78, 5) is 34.2. The first-order chi connectivity index (χ1) is 15.5. The Morgan fingerprint density at radius 3 is 2.44 bits per heavy atom. The van der Waals surface area contributed by atoms with Crippen molar-refractivity contribution in [1.82, 2.24) is 9.97 Å². The number of ether oxygens (including phenoxy) is 2. The van der Waals surface area contributed by atoms with Gasteiger partial charge in [0.2, 0.25) is 0 Å². The Labute approximate surface area is 187 Å².